The lowest BCUT2D eigenvalue weighted by atomic mass is 9.94. The maximum Gasteiger partial charge on any atom is 0.252 e. The zero-order chi connectivity index (χ0) is 11.8. The van der Waals surface area contributed by atoms with Crippen molar-refractivity contribution >= 4 is 5.82 Å². The van der Waals surface area contributed by atoms with Gasteiger partial charge in [-0.15, -0.1) is 0 Å². The fourth-order valence-corrected chi connectivity index (χ4v) is 2.96. The summed E-state index contributed by atoms with van der Waals surface area (Å²) in [7, 11) is 0. The van der Waals surface area contributed by atoms with Crippen LogP contribution in [0.1, 0.15) is 18.7 Å². The first-order valence-corrected chi connectivity index (χ1v) is 6.29. The van der Waals surface area contributed by atoms with Crippen LogP contribution in [0.15, 0.2) is 10.9 Å². The average molecular weight is 234 g/mol. The number of anilines is 1. The minimum atomic E-state index is -0.0599. The minimum absolute atomic E-state index is 0.0599. The van der Waals surface area contributed by atoms with Gasteiger partial charge in [0.15, 0.2) is 0 Å². The summed E-state index contributed by atoms with van der Waals surface area (Å²) in [6.07, 6.45) is 2.55. The van der Waals surface area contributed by atoms with Crippen molar-refractivity contribution in [3.63, 3.8) is 0 Å². The van der Waals surface area contributed by atoms with Gasteiger partial charge in [0, 0.05) is 25.2 Å². The Balaban J connectivity index is 1.83. The van der Waals surface area contributed by atoms with Gasteiger partial charge in [-0.05, 0) is 32.2 Å². The van der Waals surface area contributed by atoms with Crippen molar-refractivity contribution in [3.05, 3.63) is 22.2 Å². The van der Waals surface area contributed by atoms with Crippen LogP contribution in [0, 0.1) is 12.8 Å². The van der Waals surface area contributed by atoms with Gasteiger partial charge in [0.2, 0.25) is 0 Å². The molecule has 5 heteroatoms. The van der Waals surface area contributed by atoms with E-state index in [-0.39, 0.29) is 5.56 Å². The monoisotopic (exact) mass is 234 g/mol. The summed E-state index contributed by atoms with van der Waals surface area (Å²) in [6.45, 7) is 4.94. The number of aryl methyl sites for hydroxylation is 1. The number of H-pyrrole nitrogens is 1. The molecule has 3 heterocycles. The first kappa shape index (κ1) is 10.8. The standard InChI is InChI=1S/C12H18N4O/c1-8-14-11(5-12(17)15-8)16-6-9-3-2-4-13-10(9)7-16/h5,9-10,13H,2-4,6-7H2,1H3,(H,14,15,17)/t9-,10+/m0/s1. The molecule has 0 radical (unpaired) electrons. The van der Waals surface area contributed by atoms with Crippen LogP contribution >= 0.6 is 0 Å². The molecule has 0 saturated carbocycles. The van der Waals surface area contributed by atoms with E-state index >= 15 is 0 Å². The van der Waals surface area contributed by atoms with Crippen molar-refractivity contribution in [2.45, 2.75) is 25.8 Å². The molecule has 2 saturated heterocycles. The van der Waals surface area contributed by atoms with E-state index in [2.05, 4.69) is 20.2 Å². The Morgan fingerprint density at radius 2 is 2.35 bits per heavy atom. The third kappa shape index (κ3) is 2.07. The van der Waals surface area contributed by atoms with Gasteiger partial charge >= 0.3 is 0 Å². The molecule has 1 aromatic rings. The molecule has 3 rings (SSSR count). The molecule has 0 unspecified atom stereocenters. The lowest BCUT2D eigenvalue weighted by molar-refractivity contribution is 0.340. The molecule has 92 valence electrons. The highest BCUT2D eigenvalue weighted by atomic mass is 16.1. The summed E-state index contributed by atoms with van der Waals surface area (Å²) in [5, 5.41) is 3.55. The van der Waals surface area contributed by atoms with Gasteiger partial charge in [0.05, 0.1) is 0 Å². The second-order valence-electron chi connectivity index (χ2n) is 5.06. The van der Waals surface area contributed by atoms with E-state index in [0.29, 0.717) is 17.8 Å². The van der Waals surface area contributed by atoms with Crippen LogP contribution in [0.3, 0.4) is 0 Å². The second kappa shape index (κ2) is 4.14. The highest BCUT2D eigenvalue weighted by Crippen LogP contribution is 2.27. The minimum Gasteiger partial charge on any atom is -0.354 e. The lowest BCUT2D eigenvalue weighted by Crippen LogP contribution is -2.40. The van der Waals surface area contributed by atoms with Gasteiger partial charge in [-0.3, -0.25) is 4.79 Å². The Kier molecular flexibility index (Phi) is 2.63. The fourth-order valence-electron chi connectivity index (χ4n) is 2.96. The Bertz CT molecular complexity index is 456. The lowest BCUT2D eigenvalue weighted by Gasteiger charge is -2.24. The Morgan fingerprint density at radius 1 is 1.47 bits per heavy atom. The molecular weight excluding hydrogens is 216 g/mol. The molecule has 0 bridgehead atoms. The molecule has 1 aromatic heterocycles. The van der Waals surface area contributed by atoms with E-state index in [4.69, 9.17) is 0 Å². The molecular formula is C12H18N4O. The average Bonchev–Trinajstić information content (AvgIpc) is 2.71. The Labute approximate surface area is 100 Å². The molecule has 0 amide bonds. The van der Waals surface area contributed by atoms with Gasteiger partial charge in [0.1, 0.15) is 11.6 Å². The van der Waals surface area contributed by atoms with Gasteiger partial charge < -0.3 is 15.2 Å². The number of rotatable bonds is 1. The molecule has 2 fully saturated rings. The summed E-state index contributed by atoms with van der Waals surface area (Å²) in [5.74, 6) is 2.22. The molecule has 2 aliphatic heterocycles. The van der Waals surface area contributed by atoms with Crippen molar-refractivity contribution < 1.29 is 0 Å². The number of hydrogen-bond acceptors (Lipinski definition) is 4. The Hall–Kier alpha value is -1.36. The zero-order valence-electron chi connectivity index (χ0n) is 10.1. The third-order valence-electron chi connectivity index (χ3n) is 3.77. The van der Waals surface area contributed by atoms with E-state index in [1.165, 1.54) is 12.8 Å². The first-order chi connectivity index (χ1) is 8.22. The van der Waals surface area contributed by atoms with Crippen LogP contribution in [0.4, 0.5) is 5.82 Å². The second-order valence-corrected chi connectivity index (χ2v) is 5.06. The number of aromatic amines is 1. The molecule has 0 spiro atoms. The maximum absolute atomic E-state index is 11.4. The van der Waals surface area contributed by atoms with Crippen LogP contribution in [0.25, 0.3) is 0 Å². The van der Waals surface area contributed by atoms with Crippen LogP contribution < -0.4 is 15.8 Å². The predicted octanol–water partition coefficient (Wildman–Crippen LogP) is 0.267. The van der Waals surface area contributed by atoms with Crippen LogP contribution in [-0.4, -0.2) is 35.6 Å². The molecule has 2 atom stereocenters. The van der Waals surface area contributed by atoms with E-state index in [1.807, 2.05) is 6.92 Å². The number of aromatic nitrogens is 2. The quantitative estimate of drug-likeness (QED) is 0.732. The number of piperidine rings is 1. The maximum atomic E-state index is 11.4. The van der Waals surface area contributed by atoms with Gasteiger partial charge in [0.25, 0.3) is 5.56 Å². The van der Waals surface area contributed by atoms with Crippen molar-refractivity contribution in [2.24, 2.45) is 5.92 Å². The highest BCUT2D eigenvalue weighted by Gasteiger charge is 2.34. The Morgan fingerprint density at radius 3 is 3.12 bits per heavy atom. The summed E-state index contributed by atoms with van der Waals surface area (Å²) < 4.78 is 0. The highest BCUT2D eigenvalue weighted by molar-refractivity contribution is 5.40. The number of hydrogen-bond donors (Lipinski definition) is 2. The molecule has 2 aliphatic rings. The molecule has 17 heavy (non-hydrogen) atoms. The summed E-state index contributed by atoms with van der Waals surface area (Å²) in [6, 6.07) is 2.18. The van der Waals surface area contributed by atoms with Gasteiger partial charge in [-0.2, -0.15) is 0 Å². The van der Waals surface area contributed by atoms with Crippen molar-refractivity contribution in [3.8, 4) is 0 Å². The topological polar surface area (TPSA) is 61.0 Å². The number of nitrogens with zero attached hydrogens (tertiary/aromatic N) is 2. The molecule has 0 aliphatic carbocycles. The molecule has 2 N–H and O–H groups in total. The smallest absolute Gasteiger partial charge is 0.252 e. The summed E-state index contributed by atoms with van der Waals surface area (Å²) >= 11 is 0. The van der Waals surface area contributed by atoms with Crippen LogP contribution in [0.5, 0.6) is 0 Å². The van der Waals surface area contributed by atoms with Crippen molar-refractivity contribution in [2.75, 3.05) is 24.5 Å². The summed E-state index contributed by atoms with van der Waals surface area (Å²) in [5.41, 5.74) is -0.0599. The van der Waals surface area contributed by atoms with E-state index < -0.39 is 0 Å². The first-order valence-electron chi connectivity index (χ1n) is 6.29. The van der Waals surface area contributed by atoms with E-state index in [1.54, 1.807) is 6.07 Å². The number of fused-ring (bicyclic) bond motifs is 1. The number of nitrogens with one attached hydrogen (secondary N) is 2. The fraction of sp³-hybridized carbons (Fsp3) is 0.667. The van der Waals surface area contributed by atoms with Crippen LogP contribution in [0.2, 0.25) is 0 Å². The SMILES string of the molecule is Cc1nc(N2C[C@@H]3CCCN[C@@H]3C2)cc(=O)[nH]1. The van der Waals surface area contributed by atoms with Gasteiger partial charge in [-0.1, -0.05) is 0 Å². The predicted molar refractivity (Wildman–Crippen MR) is 66.3 cm³/mol. The van der Waals surface area contributed by atoms with Crippen molar-refractivity contribution in [1.82, 2.24) is 15.3 Å². The van der Waals surface area contributed by atoms with Gasteiger partial charge in [-0.25, -0.2) is 4.98 Å². The largest absolute Gasteiger partial charge is 0.354 e. The van der Waals surface area contributed by atoms with E-state index in [9.17, 15) is 4.79 Å². The van der Waals surface area contributed by atoms with Crippen LogP contribution in [-0.2, 0) is 0 Å². The van der Waals surface area contributed by atoms with E-state index in [0.717, 1.165) is 25.5 Å². The molecule has 0 aromatic carbocycles. The normalized spacial score (nSPS) is 28.2. The van der Waals surface area contributed by atoms with Crippen molar-refractivity contribution in [1.29, 1.82) is 0 Å². The summed E-state index contributed by atoms with van der Waals surface area (Å²) in [4.78, 5) is 20.8. The zero-order valence-corrected chi connectivity index (χ0v) is 10.1. The third-order valence-corrected chi connectivity index (χ3v) is 3.77. The molecule has 5 nitrogen and oxygen atoms in total.